The lowest BCUT2D eigenvalue weighted by Crippen LogP contribution is -2.43. The number of carbonyl (C=O) groups excluding carboxylic acids is 1. The Hall–Kier alpha value is -5.12. The summed E-state index contributed by atoms with van der Waals surface area (Å²) in [7, 11) is 4.67. The minimum Gasteiger partial charge on any atom is -0.507 e. The van der Waals surface area contributed by atoms with E-state index in [0.29, 0.717) is 45.6 Å². The number of ether oxygens (including phenoxy) is 6. The molecule has 44 heavy (non-hydrogen) atoms. The highest BCUT2D eigenvalue weighted by Gasteiger charge is 2.46. The number of pyridine rings is 1. The second kappa shape index (κ2) is 10.9. The number of carbonyl (C=O) groups is 1. The topological polar surface area (TPSA) is 126 Å². The molecule has 2 atom stereocenters. The van der Waals surface area contributed by atoms with E-state index in [0.717, 1.165) is 16.5 Å². The van der Waals surface area contributed by atoms with Crippen molar-refractivity contribution in [2.75, 3.05) is 27.9 Å². The number of Topliss-reactive ketones (excluding diaryl/α,β-unsaturated/α-hetero) is 1. The molecule has 3 aliphatic heterocycles. The fraction of sp³-hybridized carbons (Fsp3) is 0.294. The van der Waals surface area contributed by atoms with Crippen LogP contribution in [0, 0.1) is 6.92 Å². The van der Waals surface area contributed by atoms with Crippen LogP contribution >= 0.6 is 0 Å². The second-order valence-electron chi connectivity index (χ2n) is 11.3. The van der Waals surface area contributed by atoms with Gasteiger partial charge in [-0.15, -0.1) is 0 Å². The van der Waals surface area contributed by atoms with Gasteiger partial charge in [0.1, 0.15) is 52.6 Å². The Labute approximate surface area is 253 Å². The molecule has 10 nitrogen and oxygen atoms in total. The summed E-state index contributed by atoms with van der Waals surface area (Å²) < 4.78 is 34.0. The predicted octanol–water partition coefficient (Wildman–Crippen LogP) is 5.56. The SMILES string of the molecule is COc1cc2c(cc1OC)C1C(=O)c3c(O)cc4c(c3OC1CO2)C=CC(C)(C)O4.COc1cccc2c(C)cc(=O)[nH]c12. The van der Waals surface area contributed by atoms with Gasteiger partial charge in [-0.3, -0.25) is 9.59 Å². The third kappa shape index (κ3) is 4.86. The molecular weight excluding hydrogens is 566 g/mol. The maximum Gasteiger partial charge on any atom is 0.248 e. The molecule has 0 radical (unpaired) electrons. The van der Waals surface area contributed by atoms with Gasteiger partial charge in [0.2, 0.25) is 5.56 Å². The van der Waals surface area contributed by atoms with Crippen LogP contribution in [0.15, 0.2) is 53.3 Å². The summed E-state index contributed by atoms with van der Waals surface area (Å²) in [5, 5.41) is 11.7. The van der Waals surface area contributed by atoms with Gasteiger partial charge in [0.25, 0.3) is 0 Å². The van der Waals surface area contributed by atoms with Gasteiger partial charge in [0, 0.05) is 29.1 Å². The predicted molar refractivity (Wildman–Crippen MR) is 164 cm³/mol. The number of hydrogen-bond donors (Lipinski definition) is 2. The number of nitrogens with one attached hydrogen (secondary N) is 1. The van der Waals surface area contributed by atoms with E-state index in [-0.39, 0.29) is 29.3 Å². The first kappa shape index (κ1) is 29.0. The van der Waals surface area contributed by atoms with Gasteiger partial charge in [-0.2, -0.15) is 0 Å². The number of ketones is 1. The van der Waals surface area contributed by atoms with Gasteiger partial charge in [0.05, 0.1) is 38.3 Å². The maximum absolute atomic E-state index is 13.6. The van der Waals surface area contributed by atoms with Crippen LogP contribution in [0.25, 0.3) is 17.0 Å². The monoisotopic (exact) mass is 599 g/mol. The van der Waals surface area contributed by atoms with Crippen LogP contribution in [-0.2, 0) is 0 Å². The number of fused-ring (bicyclic) bond motifs is 7. The van der Waals surface area contributed by atoms with Crippen LogP contribution in [0.5, 0.6) is 40.2 Å². The average Bonchev–Trinajstić information content (AvgIpc) is 2.99. The normalized spacial score (nSPS) is 18.5. The van der Waals surface area contributed by atoms with Crippen LogP contribution in [0.3, 0.4) is 0 Å². The van der Waals surface area contributed by atoms with Gasteiger partial charge in [-0.25, -0.2) is 0 Å². The number of hydrogen-bond acceptors (Lipinski definition) is 9. The van der Waals surface area contributed by atoms with E-state index >= 15 is 0 Å². The Balaban J connectivity index is 0.000000205. The standard InChI is InChI=1S/C23H22O7.C11H11NO2/c1-23(2)6-5-11-15(30-23)8-13(24)20-21(25)19-12-7-16(26-3)17(27-4)9-14(12)28-10-18(19)29-22(11)20;1-7-6-10(13)12-11-8(7)4-3-5-9(11)14-2/h5-9,18-19,24H,10H2,1-4H3;3-6H,1-2H3,(H,12,13). The van der Waals surface area contributed by atoms with Crippen molar-refractivity contribution in [1.29, 1.82) is 0 Å². The number of aryl methyl sites for hydroxylation is 1. The Bertz CT molecular complexity index is 1890. The molecular formula is C34H33NO9. The summed E-state index contributed by atoms with van der Waals surface area (Å²) in [6.45, 7) is 5.94. The summed E-state index contributed by atoms with van der Waals surface area (Å²) in [6, 6.07) is 12.2. The molecule has 7 rings (SSSR count). The fourth-order valence-corrected chi connectivity index (χ4v) is 5.87. The third-order valence-corrected chi connectivity index (χ3v) is 7.98. The van der Waals surface area contributed by atoms with Crippen molar-refractivity contribution >= 4 is 22.8 Å². The molecule has 4 heterocycles. The Morgan fingerprint density at radius 2 is 1.68 bits per heavy atom. The highest BCUT2D eigenvalue weighted by Crippen LogP contribution is 2.52. The maximum atomic E-state index is 13.6. The largest absolute Gasteiger partial charge is 0.507 e. The molecule has 4 aromatic rings. The van der Waals surface area contributed by atoms with Gasteiger partial charge in [-0.1, -0.05) is 12.1 Å². The van der Waals surface area contributed by atoms with Crippen LogP contribution in [0.4, 0.5) is 0 Å². The average molecular weight is 600 g/mol. The first-order chi connectivity index (χ1) is 21.0. The zero-order valence-corrected chi connectivity index (χ0v) is 25.3. The summed E-state index contributed by atoms with van der Waals surface area (Å²) in [4.78, 5) is 27.6. The molecule has 0 saturated carbocycles. The van der Waals surface area contributed by atoms with Crippen molar-refractivity contribution in [1.82, 2.24) is 4.98 Å². The summed E-state index contributed by atoms with van der Waals surface area (Å²) in [6.07, 6.45) is 3.23. The Kier molecular flexibility index (Phi) is 7.15. The van der Waals surface area contributed by atoms with E-state index in [4.69, 9.17) is 28.4 Å². The first-order valence-corrected chi connectivity index (χ1v) is 14.1. The molecule has 3 aliphatic rings. The quantitative estimate of drug-likeness (QED) is 0.311. The smallest absolute Gasteiger partial charge is 0.248 e. The van der Waals surface area contributed by atoms with Crippen LogP contribution in [-0.4, -0.2) is 55.5 Å². The van der Waals surface area contributed by atoms with E-state index in [1.807, 2.05) is 51.1 Å². The molecule has 228 valence electrons. The zero-order chi connectivity index (χ0) is 31.3. The van der Waals surface area contributed by atoms with Gasteiger partial charge < -0.3 is 38.5 Å². The molecule has 2 unspecified atom stereocenters. The van der Waals surface area contributed by atoms with E-state index in [1.165, 1.54) is 13.2 Å². The van der Waals surface area contributed by atoms with Gasteiger partial charge >= 0.3 is 0 Å². The minimum atomic E-state index is -0.630. The zero-order valence-electron chi connectivity index (χ0n) is 25.3. The molecule has 0 amide bonds. The van der Waals surface area contributed by atoms with Crippen molar-refractivity contribution in [3.8, 4) is 40.2 Å². The molecule has 3 aromatic carbocycles. The Morgan fingerprint density at radius 3 is 2.41 bits per heavy atom. The van der Waals surface area contributed by atoms with Crippen LogP contribution < -0.4 is 34.0 Å². The number of benzene rings is 3. The van der Waals surface area contributed by atoms with E-state index in [1.54, 1.807) is 32.4 Å². The number of methoxy groups -OCH3 is 3. The number of para-hydroxylation sites is 1. The lowest BCUT2D eigenvalue weighted by molar-refractivity contribution is 0.0547. The number of aromatic nitrogens is 1. The molecule has 0 spiro atoms. The van der Waals surface area contributed by atoms with Gasteiger partial charge in [0.15, 0.2) is 17.3 Å². The lowest BCUT2D eigenvalue weighted by Gasteiger charge is -2.39. The van der Waals surface area contributed by atoms with E-state index < -0.39 is 17.6 Å². The molecule has 0 bridgehead atoms. The number of H-pyrrole nitrogens is 1. The number of aromatic amines is 1. The number of phenols is 1. The van der Waals surface area contributed by atoms with Crippen molar-refractivity contribution in [2.24, 2.45) is 0 Å². The third-order valence-electron chi connectivity index (χ3n) is 7.98. The van der Waals surface area contributed by atoms with Crippen molar-refractivity contribution in [3.63, 3.8) is 0 Å². The first-order valence-electron chi connectivity index (χ1n) is 14.1. The summed E-state index contributed by atoms with van der Waals surface area (Å²) >= 11 is 0. The molecule has 0 saturated heterocycles. The summed E-state index contributed by atoms with van der Waals surface area (Å²) in [5.41, 5.74) is 2.56. The van der Waals surface area contributed by atoms with E-state index in [2.05, 4.69) is 4.98 Å². The van der Waals surface area contributed by atoms with Crippen molar-refractivity contribution in [2.45, 2.75) is 38.4 Å². The highest BCUT2D eigenvalue weighted by molar-refractivity contribution is 6.08. The van der Waals surface area contributed by atoms with E-state index in [9.17, 15) is 14.7 Å². The molecule has 10 heteroatoms. The number of aromatic hydroxyl groups is 1. The molecule has 0 aliphatic carbocycles. The molecule has 1 aromatic heterocycles. The van der Waals surface area contributed by atoms with Gasteiger partial charge in [-0.05, 0) is 50.6 Å². The van der Waals surface area contributed by atoms with Crippen molar-refractivity contribution in [3.05, 3.63) is 81.1 Å². The van der Waals surface area contributed by atoms with Crippen LogP contribution in [0.1, 0.15) is 46.8 Å². The molecule has 0 fully saturated rings. The van der Waals surface area contributed by atoms with Crippen LogP contribution in [0.2, 0.25) is 0 Å². The molecule has 2 N–H and O–H groups in total. The number of phenolic OH excluding ortho intramolecular Hbond substituents is 1. The second-order valence-corrected chi connectivity index (χ2v) is 11.3. The lowest BCUT2D eigenvalue weighted by atomic mass is 9.80. The van der Waals surface area contributed by atoms with Crippen molar-refractivity contribution < 1.29 is 38.3 Å². The summed E-state index contributed by atoms with van der Waals surface area (Å²) in [5.74, 6) is 2.04. The minimum absolute atomic E-state index is 0.0977. The fourth-order valence-electron chi connectivity index (χ4n) is 5.87. The highest BCUT2D eigenvalue weighted by atomic mass is 16.5. The Morgan fingerprint density at radius 1 is 0.955 bits per heavy atom. The number of rotatable bonds is 3.